The van der Waals surface area contributed by atoms with Crippen LogP contribution in [-0.2, 0) is 0 Å². The van der Waals surface area contributed by atoms with Crippen LogP contribution in [0.15, 0.2) is 350 Å². The van der Waals surface area contributed by atoms with Crippen LogP contribution in [0.25, 0.3) is 181 Å². The Morgan fingerprint density at radius 2 is 0.717 bits per heavy atom. The first-order chi connectivity index (χ1) is 49.1. The van der Waals surface area contributed by atoms with E-state index in [1.807, 2.05) is 24.4 Å². The summed E-state index contributed by atoms with van der Waals surface area (Å²) in [7, 11) is 0. The van der Waals surface area contributed by atoms with Gasteiger partial charge in [-0.1, -0.05) is 243 Å². The number of nitrogens with zero attached hydrogens (tertiary/aromatic N) is 5. The molecule has 4 aromatic heterocycles. The first-order valence-corrected chi connectivity index (χ1v) is 33.7. The number of hydrogen-bond acceptors (Lipinski definition) is 5. The Labute approximate surface area is 569 Å². The maximum atomic E-state index is 7.08. The third-order valence-corrected chi connectivity index (χ3v) is 20.1. The van der Waals surface area contributed by atoms with Crippen LogP contribution in [0.1, 0.15) is 0 Å². The van der Waals surface area contributed by atoms with Gasteiger partial charge in [0.25, 0.3) is 0 Å². The zero-order valence-electron chi connectivity index (χ0n) is 53.6. The van der Waals surface area contributed by atoms with Crippen LogP contribution in [-0.4, -0.2) is 19.5 Å². The molecule has 0 spiro atoms. The summed E-state index contributed by atoms with van der Waals surface area (Å²) < 4.78 is 9.42. The molecule has 6 heteroatoms. The Balaban J connectivity index is 0.840. The van der Waals surface area contributed by atoms with Crippen molar-refractivity contribution in [1.82, 2.24) is 19.5 Å². The van der Waals surface area contributed by atoms with Crippen molar-refractivity contribution in [2.24, 2.45) is 0 Å². The summed E-state index contributed by atoms with van der Waals surface area (Å²) in [6.45, 7) is 0. The van der Waals surface area contributed by atoms with Crippen LogP contribution in [0, 0.1) is 0 Å². The highest BCUT2D eigenvalue weighted by Gasteiger charge is 2.25. The maximum Gasteiger partial charge on any atom is 0.162 e. The largest absolute Gasteiger partial charge is 0.456 e. The van der Waals surface area contributed by atoms with Crippen LogP contribution < -0.4 is 4.90 Å². The zero-order valence-corrected chi connectivity index (χ0v) is 53.6. The molecule has 0 bridgehead atoms. The van der Waals surface area contributed by atoms with E-state index in [1.165, 1.54) is 59.2 Å². The summed E-state index contributed by atoms with van der Waals surface area (Å²) >= 11 is 0. The van der Waals surface area contributed by atoms with Gasteiger partial charge in [-0.05, 0) is 200 Å². The van der Waals surface area contributed by atoms with Crippen LogP contribution in [0.3, 0.4) is 0 Å². The monoisotopic (exact) mass is 1260 g/mol. The molecule has 0 N–H and O–H groups in total. The molecule has 460 valence electrons. The average Bonchev–Trinajstić information content (AvgIpc) is 1.59. The smallest absolute Gasteiger partial charge is 0.162 e. The fourth-order valence-electron chi connectivity index (χ4n) is 15.6. The molecule has 0 amide bonds. The minimum absolute atomic E-state index is 0.590. The molecule has 0 radical (unpaired) electrons. The van der Waals surface area contributed by atoms with Crippen LogP contribution >= 0.6 is 0 Å². The Bertz CT molecular complexity index is 6570. The molecule has 0 saturated carbocycles. The van der Waals surface area contributed by atoms with Gasteiger partial charge in [-0.2, -0.15) is 0 Å². The number of benzene rings is 16. The average molecular weight is 1260 g/mol. The fraction of sp³-hybridized carbons (Fsp3) is 0. The van der Waals surface area contributed by atoms with Crippen molar-refractivity contribution in [2.45, 2.75) is 0 Å². The quantitative estimate of drug-likeness (QED) is 0.128. The third-order valence-electron chi connectivity index (χ3n) is 20.1. The Morgan fingerprint density at radius 3 is 1.33 bits per heavy atom. The van der Waals surface area contributed by atoms with E-state index in [2.05, 4.69) is 331 Å². The number of aromatic nitrogens is 4. The Morgan fingerprint density at radius 1 is 0.242 bits per heavy atom. The molecule has 20 aromatic rings. The lowest BCUT2D eigenvalue weighted by Crippen LogP contribution is -2.10. The Hall–Kier alpha value is -13.3. The van der Waals surface area contributed by atoms with Crippen molar-refractivity contribution in [1.29, 1.82) is 0 Å². The first-order valence-electron chi connectivity index (χ1n) is 33.7. The third kappa shape index (κ3) is 9.29. The van der Waals surface area contributed by atoms with Crippen LogP contribution in [0.2, 0.25) is 0 Å². The van der Waals surface area contributed by atoms with Gasteiger partial charge in [0.1, 0.15) is 17.0 Å². The van der Waals surface area contributed by atoms with Gasteiger partial charge in [0.05, 0.1) is 22.4 Å². The Kier molecular flexibility index (Phi) is 12.9. The van der Waals surface area contributed by atoms with Gasteiger partial charge < -0.3 is 9.32 Å². The fourth-order valence-corrected chi connectivity index (χ4v) is 15.6. The zero-order chi connectivity index (χ0) is 65.1. The van der Waals surface area contributed by atoms with Crippen molar-refractivity contribution in [2.75, 3.05) is 4.90 Å². The second-order valence-electron chi connectivity index (χ2n) is 25.8. The molecule has 0 aliphatic rings. The van der Waals surface area contributed by atoms with Gasteiger partial charge in [-0.3, -0.25) is 9.55 Å². The van der Waals surface area contributed by atoms with E-state index in [9.17, 15) is 0 Å². The molecule has 0 aliphatic heterocycles. The van der Waals surface area contributed by atoms with E-state index in [0.29, 0.717) is 17.3 Å². The molecule has 16 aromatic carbocycles. The first kappa shape index (κ1) is 56.1. The van der Waals surface area contributed by atoms with Crippen molar-refractivity contribution in [3.8, 4) is 73.1 Å². The normalized spacial score (nSPS) is 11.8. The maximum absolute atomic E-state index is 7.08. The van der Waals surface area contributed by atoms with Crippen LogP contribution in [0.5, 0.6) is 0 Å². The topological polar surface area (TPSA) is 60.0 Å². The molecular weight excluding hydrogens is 1200 g/mol. The number of fused-ring (bicyclic) bond motifs is 19. The summed E-state index contributed by atoms with van der Waals surface area (Å²) in [6.07, 6.45) is 1.83. The van der Waals surface area contributed by atoms with E-state index in [0.717, 1.165) is 122 Å². The lowest BCUT2D eigenvalue weighted by Gasteiger charge is -2.28. The number of anilines is 3. The predicted molar refractivity (Wildman–Crippen MR) is 414 cm³/mol. The molecule has 0 aliphatic carbocycles. The van der Waals surface area contributed by atoms with E-state index < -0.39 is 0 Å². The lowest BCUT2D eigenvalue weighted by molar-refractivity contribution is 0.670. The summed E-state index contributed by atoms with van der Waals surface area (Å²) in [6, 6.07) is 123. The molecule has 0 fully saturated rings. The van der Waals surface area contributed by atoms with E-state index >= 15 is 0 Å². The minimum atomic E-state index is 0.590. The summed E-state index contributed by atoms with van der Waals surface area (Å²) in [5.74, 6) is 1.30. The molecule has 4 heterocycles. The summed E-state index contributed by atoms with van der Waals surface area (Å²) in [5.41, 5.74) is 17.9. The number of rotatable bonds is 10. The highest BCUT2D eigenvalue weighted by atomic mass is 16.3. The minimum Gasteiger partial charge on any atom is -0.456 e. The lowest BCUT2D eigenvalue weighted by atomic mass is 9.93. The second-order valence-corrected chi connectivity index (χ2v) is 25.8. The van der Waals surface area contributed by atoms with Gasteiger partial charge in [-0.25, -0.2) is 9.97 Å². The van der Waals surface area contributed by atoms with Crippen molar-refractivity contribution in [3.63, 3.8) is 0 Å². The van der Waals surface area contributed by atoms with E-state index in [1.54, 1.807) is 0 Å². The van der Waals surface area contributed by atoms with E-state index in [4.69, 9.17) is 19.4 Å². The van der Waals surface area contributed by atoms with Gasteiger partial charge in [-0.15, -0.1) is 0 Å². The molecule has 0 unspecified atom stereocenters. The van der Waals surface area contributed by atoms with Crippen molar-refractivity contribution >= 4 is 125 Å². The molecule has 0 saturated heterocycles. The van der Waals surface area contributed by atoms with Crippen LogP contribution in [0.4, 0.5) is 17.1 Å². The van der Waals surface area contributed by atoms with Gasteiger partial charge in [0.2, 0.25) is 0 Å². The number of hydrogen-bond donors (Lipinski definition) is 0. The predicted octanol–water partition coefficient (Wildman–Crippen LogP) is 25.3. The van der Waals surface area contributed by atoms with E-state index in [-0.39, 0.29) is 0 Å². The molecule has 20 rings (SSSR count). The molecule has 0 atom stereocenters. The molecule has 99 heavy (non-hydrogen) atoms. The van der Waals surface area contributed by atoms with Gasteiger partial charge in [0.15, 0.2) is 5.82 Å². The van der Waals surface area contributed by atoms with Gasteiger partial charge >= 0.3 is 0 Å². The number of furan rings is 1. The summed E-state index contributed by atoms with van der Waals surface area (Å²) in [4.78, 5) is 18.4. The standard InChI is InChI=1S/C93H57N5O/c1-4-22-58(23-5-1)61-28-20-30-64(48-61)93-95-85(84-40-18-19-47-94-84)57-90(96-93)98-86-45-46-88-92(83-55-81-76-38-16-13-34-72(76)73-35-14-17-39-77(73)82(81)56-89(83)99-88)91(86)79-43-41-63(53-87(79)98)62-29-21-31-67(50-62)97(69-51-65(59-24-6-2-7-25-59)49-66(52-69)60-26-8-3-9-27-60)68-42-44-78-74-36-11-10-32-70(74)71-33-12-15-37-75(71)80(78)54-68/h1-57H. The summed E-state index contributed by atoms with van der Waals surface area (Å²) in [5, 5.41) is 18.8. The highest BCUT2D eigenvalue weighted by molar-refractivity contribution is 6.33. The SMILES string of the molecule is c1ccc(-c2cccc(-c3nc(-c4ccccn4)cc(-n4c5cc(-c6cccc(N(c7cc(-c8ccccc8)cc(-c8ccccc8)c7)c7ccc8c9ccccc9c9ccccc9c8c7)c6)ccc5c5c6c(ccc54)oc4cc5c7ccccc7c7ccccc7c5cc46)n3)c2)cc1. The molecular formula is C93H57N5O. The highest BCUT2D eigenvalue weighted by Crippen LogP contribution is 2.48. The van der Waals surface area contributed by atoms with Crippen molar-refractivity contribution in [3.05, 3.63) is 346 Å². The number of pyridine rings is 1. The van der Waals surface area contributed by atoms with Crippen molar-refractivity contribution < 1.29 is 4.42 Å². The molecule has 6 nitrogen and oxygen atoms in total. The second kappa shape index (κ2) is 22.7. The van der Waals surface area contributed by atoms with Gasteiger partial charge in [0, 0.05) is 56.4 Å².